The molecule has 0 aliphatic carbocycles. The number of nitrogens with zero attached hydrogens (tertiary/aromatic N) is 1. The molecule has 1 N–H and O–H groups in total. The molecule has 0 fully saturated rings. The molecule has 2 rings (SSSR count). The lowest BCUT2D eigenvalue weighted by molar-refractivity contribution is 0.103. The van der Waals surface area contributed by atoms with Crippen molar-refractivity contribution in [3.05, 3.63) is 82.9 Å². The van der Waals surface area contributed by atoms with E-state index in [-0.39, 0.29) is 17.1 Å². The summed E-state index contributed by atoms with van der Waals surface area (Å²) in [6.45, 7) is 5.72. The molecular weight excluding hydrogens is 394 g/mol. The van der Waals surface area contributed by atoms with Crippen molar-refractivity contribution in [2.75, 3.05) is 26.7 Å². The minimum Gasteiger partial charge on any atom is -0.507 e. The quantitative estimate of drug-likeness (QED) is 0.485. The molecule has 4 nitrogen and oxygen atoms in total. The van der Waals surface area contributed by atoms with E-state index >= 15 is 0 Å². The highest BCUT2D eigenvalue weighted by Gasteiger charge is 2.14. The van der Waals surface area contributed by atoms with Crippen LogP contribution in [0.4, 0.5) is 0 Å². The molecule has 0 heterocycles. The first-order valence-electron chi connectivity index (χ1n) is 8.21. The Balaban J connectivity index is 1.94. The molecule has 0 atom stereocenters. The number of carbonyl (C=O) groups is 1. The molecule has 0 bridgehead atoms. The van der Waals surface area contributed by atoms with Gasteiger partial charge in [0.1, 0.15) is 18.1 Å². The molecule has 0 aliphatic rings. The predicted molar refractivity (Wildman–Crippen MR) is 108 cm³/mol. The van der Waals surface area contributed by atoms with Crippen molar-refractivity contribution in [2.45, 2.75) is 0 Å². The first-order valence-corrected chi connectivity index (χ1v) is 9.01. The first-order chi connectivity index (χ1) is 12.5. The van der Waals surface area contributed by atoms with Gasteiger partial charge >= 0.3 is 0 Å². The maximum Gasteiger partial charge on any atom is 0.196 e. The molecule has 0 saturated heterocycles. The molecule has 0 amide bonds. The van der Waals surface area contributed by atoms with Gasteiger partial charge in [0.15, 0.2) is 5.78 Å². The predicted octanol–water partition coefficient (Wildman–Crippen LogP) is 4.44. The van der Waals surface area contributed by atoms with Crippen LogP contribution in [0.5, 0.6) is 11.5 Å². The van der Waals surface area contributed by atoms with Crippen molar-refractivity contribution in [1.29, 1.82) is 0 Å². The molecule has 5 heteroatoms. The van der Waals surface area contributed by atoms with Gasteiger partial charge in [-0.15, -0.1) is 6.58 Å². The van der Waals surface area contributed by atoms with Crippen LogP contribution in [0.25, 0.3) is 0 Å². The maximum atomic E-state index is 12.5. The summed E-state index contributed by atoms with van der Waals surface area (Å²) in [7, 11) is 2.01. The van der Waals surface area contributed by atoms with Crippen molar-refractivity contribution < 1.29 is 14.6 Å². The van der Waals surface area contributed by atoms with E-state index in [1.54, 1.807) is 36.4 Å². The van der Waals surface area contributed by atoms with E-state index in [1.165, 1.54) is 6.07 Å². The van der Waals surface area contributed by atoms with Crippen LogP contribution < -0.4 is 4.74 Å². The molecule has 0 aliphatic heterocycles. The van der Waals surface area contributed by atoms with Crippen molar-refractivity contribution in [2.24, 2.45) is 0 Å². The average Bonchev–Trinajstić information content (AvgIpc) is 2.62. The van der Waals surface area contributed by atoms with E-state index in [0.717, 1.165) is 17.6 Å². The molecule has 0 aromatic heterocycles. The minimum absolute atomic E-state index is 0.0925. The lowest BCUT2D eigenvalue weighted by Gasteiger charge is -2.10. The van der Waals surface area contributed by atoms with Gasteiger partial charge in [0.05, 0.1) is 5.56 Å². The van der Waals surface area contributed by atoms with Gasteiger partial charge in [-0.2, -0.15) is 0 Å². The number of likely N-dealkylation sites (N-methyl/N-ethyl adjacent to an activating group) is 1. The number of rotatable bonds is 9. The number of phenolic OH excluding ortho intramolecular Hbond substituents is 1. The largest absolute Gasteiger partial charge is 0.507 e. The second-order valence-electron chi connectivity index (χ2n) is 5.81. The lowest BCUT2D eigenvalue weighted by Crippen LogP contribution is -2.17. The summed E-state index contributed by atoms with van der Waals surface area (Å²) in [5.74, 6) is 0.191. The normalized spacial score (nSPS) is 11.0. The molecule has 0 spiro atoms. The Hall–Kier alpha value is -2.37. The van der Waals surface area contributed by atoms with E-state index in [9.17, 15) is 9.90 Å². The Morgan fingerprint density at radius 1 is 1.19 bits per heavy atom. The zero-order valence-electron chi connectivity index (χ0n) is 14.7. The van der Waals surface area contributed by atoms with Gasteiger partial charge in [0, 0.05) is 29.2 Å². The van der Waals surface area contributed by atoms with Gasteiger partial charge in [-0.3, -0.25) is 9.69 Å². The summed E-state index contributed by atoms with van der Waals surface area (Å²) >= 11 is 3.34. The van der Waals surface area contributed by atoms with E-state index < -0.39 is 0 Å². The highest BCUT2D eigenvalue weighted by molar-refractivity contribution is 9.10. The average molecular weight is 416 g/mol. The summed E-state index contributed by atoms with van der Waals surface area (Å²) in [6.07, 6.45) is 5.77. The third kappa shape index (κ3) is 5.86. The van der Waals surface area contributed by atoms with Crippen molar-refractivity contribution in [1.82, 2.24) is 4.90 Å². The number of benzene rings is 2. The van der Waals surface area contributed by atoms with Crippen LogP contribution >= 0.6 is 15.9 Å². The summed E-state index contributed by atoms with van der Waals surface area (Å²) in [5, 5.41) is 10.2. The molecule has 2 aromatic rings. The molecular formula is C21H22BrNO3. The third-order valence-electron chi connectivity index (χ3n) is 3.69. The molecule has 0 radical (unpaired) electrons. The number of ether oxygens (including phenoxy) is 1. The fourth-order valence-corrected chi connectivity index (χ4v) is 2.58. The third-order valence-corrected chi connectivity index (χ3v) is 4.22. The van der Waals surface area contributed by atoms with E-state index in [4.69, 9.17) is 4.74 Å². The Kier molecular flexibility index (Phi) is 7.63. The highest BCUT2D eigenvalue weighted by Crippen LogP contribution is 2.26. The zero-order valence-corrected chi connectivity index (χ0v) is 16.3. The zero-order chi connectivity index (χ0) is 18.9. The molecule has 0 unspecified atom stereocenters. The van der Waals surface area contributed by atoms with Crippen LogP contribution in [0.1, 0.15) is 15.9 Å². The SMILES string of the molecule is C=CCN(C)C/C=C/COc1ccc(C(=O)c2ccc(Br)cc2)c(O)c1. The number of aromatic hydroxyl groups is 1. The number of hydrogen-bond donors (Lipinski definition) is 1. The van der Waals surface area contributed by atoms with Crippen LogP contribution in [-0.2, 0) is 0 Å². The number of hydrogen-bond acceptors (Lipinski definition) is 4. The smallest absolute Gasteiger partial charge is 0.196 e. The summed E-state index contributed by atoms with van der Waals surface area (Å²) in [5.41, 5.74) is 0.769. The first kappa shape index (κ1) is 19.9. The van der Waals surface area contributed by atoms with Crippen molar-refractivity contribution >= 4 is 21.7 Å². The van der Waals surface area contributed by atoms with E-state index in [1.807, 2.05) is 25.3 Å². The molecule has 26 heavy (non-hydrogen) atoms. The second-order valence-corrected chi connectivity index (χ2v) is 6.72. The topological polar surface area (TPSA) is 49.8 Å². The van der Waals surface area contributed by atoms with E-state index in [2.05, 4.69) is 27.4 Å². The number of halogens is 1. The van der Waals surface area contributed by atoms with Gasteiger partial charge in [-0.25, -0.2) is 0 Å². The Morgan fingerprint density at radius 3 is 2.58 bits per heavy atom. The van der Waals surface area contributed by atoms with Gasteiger partial charge in [0.25, 0.3) is 0 Å². The molecule has 2 aromatic carbocycles. The summed E-state index contributed by atoms with van der Waals surface area (Å²) in [4.78, 5) is 14.6. The lowest BCUT2D eigenvalue weighted by atomic mass is 10.0. The van der Waals surface area contributed by atoms with Gasteiger partial charge in [-0.05, 0) is 43.4 Å². The van der Waals surface area contributed by atoms with Gasteiger partial charge in [-0.1, -0.05) is 34.2 Å². The Morgan fingerprint density at radius 2 is 1.92 bits per heavy atom. The van der Waals surface area contributed by atoms with Gasteiger partial charge < -0.3 is 9.84 Å². The fraction of sp³-hybridized carbons (Fsp3) is 0.190. The Bertz CT molecular complexity index is 784. The van der Waals surface area contributed by atoms with Crippen LogP contribution in [0, 0.1) is 0 Å². The van der Waals surface area contributed by atoms with Crippen LogP contribution in [0.15, 0.2) is 71.7 Å². The summed E-state index contributed by atoms with van der Waals surface area (Å²) < 4.78 is 6.48. The second kappa shape index (κ2) is 9.94. The Labute approximate surface area is 162 Å². The van der Waals surface area contributed by atoms with Crippen LogP contribution in [0.2, 0.25) is 0 Å². The summed E-state index contributed by atoms with van der Waals surface area (Å²) in [6, 6.07) is 11.7. The molecule has 136 valence electrons. The van der Waals surface area contributed by atoms with Crippen LogP contribution in [-0.4, -0.2) is 42.5 Å². The van der Waals surface area contributed by atoms with E-state index in [0.29, 0.717) is 17.9 Å². The number of ketones is 1. The number of carbonyl (C=O) groups excluding carboxylic acids is 1. The molecule has 0 saturated carbocycles. The van der Waals surface area contributed by atoms with Crippen molar-refractivity contribution in [3.8, 4) is 11.5 Å². The standard InChI is InChI=1S/C21H22BrNO3/c1-3-12-23(2)13-4-5-14-26-18-10-11-19(20(24)15-18)21(25)16-6-8-17(22)9-7-16/h3-11,15,24H,1,12-14H2,2H3/b5-4+. The minimum atomic E-state index is -0.230. The highest BCUT2D eigenvalue weighted by atomic mass is 79.9. The monoisotopic (exact) mass is 415 g/mol. The number of phenols is 1. The van der Waals surface area contributed by atoms with Gasteiger partial charge in [0.2, 0.25) is 0 Å². The van der Waals surface area contributed by atoms with Crippen molar-refractivity contribution in [3.63, 3.8) is 0 Å². The maximum absolute atomic E-state index is 12.5. The fourth-order valence-electron chi connectivity index (χ4n) is 2.31. The van der Waals surface area contributed by atoms with Crippen LogP contribution in [0.3, 0.4) is 0 Å².